The SMILES string of the molecule is CCCNC(=O)[C@H](CC)N(Cc1ccccc1Cl)C(=O)COc1ccccc1C(C)C. The number of halogens is 1. The number of ether oxygens (including phenoxy) is 1. The summed E-state index contributed by atoms with van der Waals surface area (Å²) in [6, 6.07) is 14.5. The number of hydrogen-bond acceptors (Lipinski definition) is 3. The van der Waals surface area contributed by atoms with E-state index in [0.29, 0.717) is 23.7 Å². The number of benzene rings is 2. The molecule has 0 fully saturated rings. The molecular weight excluding hydrogens is 412 g/mol. The zero-order chi connectivity index (χ0) is 22.8. The van der Waals surface area contributed by atoms with Crippen molar-refractivity contribution >= 4 is 23.4 Å². The van der Waals surface area contributed by atoms with Gasteiger partial charge in [0.25, 0.3) is 5.91 Å². The van der Waals surface area contributed by atoms with Gasteiger partial charge in [0, 0.05) is 18.1 Å². The van der Waals surface area contributed by atoms with Crippen molar-refractivity contribution in [1.82, 2.24) is 10.2 Å². The fraction of sp³-hybridized carbons (Fsp3) is 0.440. The van der Waals surface area contributed by atoms with Gasteiger partial charge in [-0.3, -0.25) is 9.59 Å². The predicted molar refractivity (Wildman–Crippen MR) is 125 cm³/mol. The molecule has 0 spiro atoms. The van der Waals surface area contributed by atoms with E-state index in [9.17, 15) is 9.59 Å². The lowest BCUT2D eigenvalue weighted by molar-refractivity contribution is -0.143. The van der Waals surface area contributed by atoms with Gasteiger partial charge in [0.2, 0.25) is 5.91 Å². The highest BCUT2D eigenvalue weighted by atomic mass is 35.5. The Hall–Kier alpha value is -2.53. The Kier molecular flexibility index (Phi) is 9.86. The topological polar surface area (TPSA) is 58.6 Å². The van der Waals surface area contributed by atoms with Crippen LogP contribution in [0.15, 0.2) is 48.5 Å². The Morgan fingerprint density at radius 3 is 2.39 bits per heavy atom. The molecule has 0 saturated heterocycles. The summed E-state index contributed by atoms with van der Waals surface area (Å²) in [7, 11) is 0. The van der Waals surface area contributed by atoms with Gasteiger partial charge >= 0.3 is 0 Å². The first-order valence-corrected chi connectivity index (χ1v) is 11.3. The number of amides is 2. The Morgan fingerprint density at radius 1 is 1.06 bits per heavy atom. The molecule has 0 aromatic heterocycles. The van der Waals surface area contributed by atoms with Crippen molar-refractivity contribution in [1.29, 1.82) is 0 Å². The number of nitrogens with one attached hydrogen (secondary N) is 1. The van der Waals surface area contributed by atoms with Crippen LogP contribution in [0.25, 0.3) is 0 Å². The van der Waals surface area contributed by atoms with E-state index in [-0.39, 0.29) is 30.9 Å². The fourth-order valence-electron chi connectivity index (χ4n) is 3.41. The van der Waals surface area contributed by atoms with Crippen molar-refractivity contribution in [3.8, 4) is 5.75 Å². The van der Waals surface area contributed by atoms with Gasteiger partial charge in [0.15, 0.2) is 6.61 Å². The maximum atomic E-state index is 13.3. The number of nitrogens with zero attached hydrogens (tertiary/aromatic N) is 1. The lowest BCUT2D eigenvalue weighted by Gasteiger charge is -2.31. The molecule has 2 aromatic rings. The van der Waals surface area contributed by atoms with Gasteiger partial charge in [0.05, 0.1) is 0 Å². The second-order valence-corrected chi connectivity index (χ2v) is 8.22. The molecule has 31 heavy (non-hydrogen) atoms. The van der Waals surface area contributed by atoms with Crippen molar-refractivity contribution in [3.05, 3.63) is 64.7 Å². The van der Waals surface area contributed by atoms with Crippen LogP contribution in [0.2, 0.25) is 5.02 Å². The molecule has 0 heterocycles. The zero-order valence-electron chi connectivity index (χ0n) is 18.9. The van der Waals surface area contributed by atoms with Crippen molar-refractivity contribution in [3.63, 3.8) is 0 Å². The monoisotopic (exact) mass is 444 g/mol. The van der Waals surface area contributed by atoms with Crippen molar-refractivity contribution in [2.75, 3.05) is 13.2 Å². The summed E-state index contributed by atoms with van der Waals surface area (Å²) in [6.45, 7) is 8.73. The predicted octanol–water partition coefficient (Wildman–Crippen LogP) is 5.18. The third kappa shape index (κ3) is 7.00. The molecule has 0 saturated carbocycles. The van der Waals surface area contributed by atoms with Gasteiger partial charge in [-0.25, -0.2) is 0 Å². The first-order valence-electron chi connectivity index (χ1n) is 10.9. The zero-order valence-corrected chi connectivity index (χ0v) is 19.6. The summed E-state index contributed by atoms with van der Waals surface area (Å²) in [5, 5.41) is 3.48. The second-order valence-electron chi connectivity index (χ2n) is 7.81. The highest BCUT2D eigenvalue weighted by Gasteiger charge is 2.29. The summed E-state index contributed by atoms with van der Waals surface area (Å²) in [4.78, 5) is 27.6. The molecule has 5 nitrogen and oxygen atoms in total. The first kappa shape index (κ1) is 24.7. The Labute approximate surface area is 190 Å². The minimum atomic E-state index is -0.598. The van der Waals surface area contributed by atoms with E-state index < -0.39 is 6.04 Å². The average molecular weight is 445 g/mol. The van der Waals surface area contributed by atoms with E-state index in [4.69, 9.17) is 16.3 Å². The highest BCUT2D eigenvalue weighted by molar-refractivity contribution is 6.31. The number of rotatable bonds is 11. The largest absolute Gasteiger partial charge is 0.483 e. The van der Waals surface area contributed by atoms with Crippen LogP contribution in [0.1, 0.15) is 57.6 Å². The van der Waals surface area contributed by atoms with Crippen LogP contribution < -0.4 is 10.1 Å². The Balaban J connectivity index is 2.25. The molecule has 2 aromatic carbocycles. The second kappa shape index (κ2) is 12.4. The van der Waals surface area contributed by atoms with E-state index in [1.54, 1.807) is 11.0 Å². The number of para-hydroxylation sites is 1. The van der Waals surface area contributed by atoms with Crippen LogP contribution in [0.4, 0.5) is 0 Å². The molecule has 0 unspecified atom stereocenters. The number of carbonyl (C=O) groups excluding carboxylic acids is 2. The van der Waals surface area contributed by atoms with Crippen LogP contribution in [0, 0.1) is 0 Å². The van der Waals surface area contributed by atoms with Crippen LogP contribution >= 0.6 is 11.6 Å². The summed E-state index contributed by atoms with van der Waals surface area (Å²) in [6.07, 6.45) is 1.32. The third-order valence-electron chi connectivity index (χ3n) is 5.13. The minimum absolute atomic E-state index is 0.147. The molecule has 0 bridgehead atoms. The highest BCUT2D eigenvalue weighted by Crippen LogP contribution is 2.26. The molecule has 1 atom stereocenters. The number of carbonyl (C=O) groups is 2. The summed E-state index contributed by atoms with van der Waals surface area (Å²) in [5.74, 6) is 0.546. The van der Waals surface area contributed by atoms with Gasteiger partial charge in [-0.05, 0) is 42.0 Å². The molecule has 1 N–H and O–H groups in total. The summed E-state index contributed by atoms with van der Waals surface area (Å²) >= 11 is 6.34. The van der Waals surface area contributed by atoms with E-state index in [1.165, 1.54) is 0 Å². The molecule has 0 radical (unpaired) electrons. The molecule has 0 aliphatic carbocycles. The van der Waals surface area contributed by atoms with Crippen LogP contribution in [-0.4, -0.2) is 35.9 Å². The van der Waals surface area contributed by atoms with Crippen LogP contribution in [0.3, 0.4) is 0 Å². The molecule has 6 heteroatoms. The van der Waals surface area contributed by atoms with Gasteiger partial charge in [-0.2, -0.15) is 0 Å². The van der Waals surface area contributed by atoms with Gasteiger partial charge in [0.1, 0.15) is 11.8 Å². The van der Waals surface area contributed by atoms with E-state index in [0.717, 1.165) is 17.5 Å². The van der Waals surface area contributed by atoms with Crippen molar-refractivity contribution in [2.45, 2.75) is 59.0 Å². The van der Waals surface area contributed by atoms with Crippen molar-refractivity contribution in [2.24, 2.45) is 0 Å². The van der Waals surface area contributed by atoms with E-state index in [2.05, 4.69) is 19.2 Å². The standard InChI is InChI=1S/C25H33ClN2O3/c1-5-15-27-25(30)22(6-2)28(16-19-11-7-9-13-21(19)26)24(29)17-31-23-14-10-8-12-20(23)18(3)4/h7-14,18,22H,5-6,15-17H2,1-4H3,(H,27,30)/t22-/m0/s1. The maximum absolute atomic E-state index is 13.3. The molecule has 2 rings (SSSR count). The Bertz CT molecular complexity index is 869. The van der Waals surface area contributed by atoms with Gasteiger partial charge in [-0.1, -0.05) is 75.7 Å². The molecule has 0 aliphatic heterocycles. The molecule has 0 aliphatic rings. The van der Waals surface area contributed by atoms with Crippen LogP contribution in [-0.2, 0) is 16.1 Å². The first-order chi connectivity index (χ1) is 14.9. The fourth-order valence-corrected chi connectivity index (χ4v) is 3.60. The molecular formula is C25H33ClN2O3. The lowest BCUT2D eigenvalue weighted by atomic mass is 10.0. The van der Waals surface area contributed by atoms with Crippen LogP contribution in [0.5, 0.6) is 5.75 Å². The summed E-state index contributed by atoms with van der Waals surface area (Å²) < 4.78 is 5.91. The number of hydrogen-bond donors (Lipinski definition) is 1. The lowest BCUT2D eigenvalue weighted by Crippen LogP contribution is -2.50. The third-order valence-corrected chi connectivity index (χ3v) is 5.49. The molecule has 2 amide bonds. The van der Waals surface area contributed by atoms with Gasteiger partial charge < -0.3 is 15.0 Å². The normalized spacial score (nSPS) is 11.8. The van der Waals surface area contributed by atoms with Crippen molar-refractivity contribution < 1.29 is 14.3 Å². The van der Waals surface area contributed by atoms with Gasteiger partial charge in [-0.15, -0.1) is 0 Å². The molecule has 168 valence electrons. The summed E-state index contributed by atoms with van der Waals surface area (Å²) in [5.41, 5.74) is 1.84. The average Bonchev–Trinajstić information content (AvgIpc) is 2.77. The van der Waals surface area contributed by atoms with E-state index in [1.807, 2.05) is 56.3 Å². The maximum Gasteiger partial charge on any atom is 0.261 e. The quantitative estimate of drug-likeness (QED) is 0.519. The minimum Gasteiger partial charge on any atom is -0.483 e. The smallest absolute Gasteiger partial charge is 0.261 e. The Morgan fingerprint density at radius 2 is 1.74 bits per heavy atom. The van der Waals surface area contributed by atoms with E-state index >= 15 is 0 Å².